The lowest BCUT2D eigenvalue weighted by molar-refractivity contribution is 0.243. The first-order chi connectivity index (χ1) is 4.13. The lowest BCUT2D eigenvalue weighted by atomic mass is 10.9. The maximum absolute atomic E-state index is 9.90. The molecule has 0 radical (unpaired) electrons. The SMILES string of the molecule is NC(=O)NCNC(N)=O. The summed E-state index contributed by atoms with van der Waals surface area (Å²) in [5.41, 5.74) is 9.27. The molecule has 0 rings (SSSR count). The number of hydrogen-bond donors (Lipinski definition) is 4. The molecule has 6 N–H and O–H groups in total. The van der Waals surface area contributed by atoms with Gasteiger partial charge < -0.3 is 22.1 Å². The molecular formula is C3H8N4O2. The van der Waals surface area contributed by atoms with Gasteiger partial charge in [-0.25, -0.2) is 9.59 Å². The molecule has 0 spiro atoms. The van der Waals surface area contributed by atoms with Crippen molar-refractivity contribution in [1.29, 1.82) is 0 Å². The highest BCUT2D eigenvalue weighted by Crippen LogP contribution is 1.53. The van der Waals surface area contributed by atoms with E-state index in [2.05, 4.69) is 22.1 Å². The van der Waals surface area contributed by atoms with E-state index in [4.69, 9.17) is 0 Å². The van der Waals surface area contributed by atoms with Gasteiger partial charge >= 0.3 is 12.1 Å². The van der Waals surface area contributed by atoms with E-state index in [9.17, 15) is 9.59 Å². The molecule has 4 amide bonds. The summed E-state index contributed by atoms with van der Waals surface area (Å²) in [5.74, 6) is 0. The van der Waals surface area contributed by atoms with Crippen LogP contribution in [0.25, 0.3) is 0 Å². The van der Waals surface area contributed by atoms with E-state index in [-0.39, 0.29) is 6.67 Å². The summed E-state index contributed by atoms with van der Waals surface area (Å²) in [6.45, 7) is -0.0370. The molecule has 9 heavy (non-hydrogen) atoms. The third kappa shape index (κ3) is 6.54. The van der Waals surface area contributed by atoms with Gasteiger partial charge in [-0.1, -0.05) is 0 Å². The topological polar surface area (TPSA) is 110 Å². The Labute approximate surface area is 51.6 Å². The average Bonchev–Trinajstić information content (AvgIpc) is 1.63. The molecule has 0 atom stereocenters. The van der Waals surface area contributed by atoms with Gasteiger partial charge in [0.25, 0.3) is 0 Å². The monoisotopic (exact) mass is 132 g/mol. The molecule has 0 fully saturated rings. The molecule has 0 aliphatic carbocycles. The first kappa shape index (κ1) is 7.54. The van der Waals surface area contributed by atoms with Crippen molar-refractivity contribution in [1.82, 2.24) is 10.6 Å². The van der Waals surface area contributed by atoms with Crippen LogP contribution in [0.4, 0.5) is 9.59 Å². The van der Waals surface area contributed by atoms with Crippen molar-refractivity contribution in [2.24, 2.45) is 11.5 Å². The molecule has 0 aromatic rings. The maximum atomic E-state index is 9.90. The van der Waals surface area contributed by atoms with Crippen LogP contribution < -0.4 is 22.1 Å². The Morgan fingerprint density at radius 2 is 1.44 bits per heavy atom. The molecule has 0 aliphatic heterocycles. The van der Waals surface area contributed by atoms with Gasteiger partial charge in [-0.15, -0.1) is 0 Å². The van der Waals surface area contributed by atoms with Crippen LogP contribution in [0.5, 0.6) is 0 Å². The molecule has 0 saturated heterocycles. The van der Waals surface area contributed by atoms with E-state index in [0.29, 0.717) is 0 Å². The largest absolute Gasteiger partial charge is 0.352 e. The van der Waals surface area contributed by atoms with Crippen LogP contribution in [0, 0.1) is 0 Å². The van der Waals surface area contributed by atoms with Gasteiger partial charge in [-0.3, -0.25) is 0 Å². The highest BCUT2D eigenvalue weighted by molar-refractivity contribution is 5.74. The maximum Gasteiger partial charge on any atom is 0.313 e. The number of primary amides is 2. The summed E-state index contributed by atoms with van der Waals surface area (Å²) >= 11 is 0. The van der Waals surface area contributed by atoms with Gasteiger partial charge in [-0.05, 0) is 0 Å². The zero-order valence-electron chi connectivity index (χ0n) is 4.68. The van der Waals surface area contributed by atoms with Crippen LogP contribution in [0.3, 0.4) is 0 Å². The van der Waals surface area contributed by atoms with Crippen LogP contribution in [0.2, 0.25) is 0 Å². The van der Waals surface area contributed by atoms with Gasteiger partial charge in [0, 0.05) is 0 Å². The number of urea groups is 2. The van der Waals surface area contributed by atoms with Crippen LogP contribution >= 0.6 is 0 Å². The Bertz CT molecular complexity index is 109. The number of carbonyl (C=O) groups excluding carboxylic acids is 2. The second-order valence-electron chi connectivity index (χ2n) is 1.26. The zero-order valence-corrected chi connectivity index (χ0v) is 4.68. The summed E-state index contributed by atoms with van der Waals surface area (Å²) in [7, 11) is 0. The van der Waals surface area contributed by atoms with E-state index in [1.807, 2.05) is 0 Å². The van der Waals surface area contributed by atoms with Crippen molar-refractivity contribution in [3.8, 4) is 0 Å². The Morgan fingerprint density at radius 1 is 1.11 bits per heavy atom. The van der Waals surface area contributed by atoms with E-state index in [1.54, 1.807) is 0 Å². The van der Waals surface area contributed by atoms with Crippen molar-refractivity contribution in [3.63, 3.8) is 0 Å². The first-order valence-corrected chi connectivity index (χ1v) is 2.19. The van der Waals surface area contributed by atoms with Gasteiger partial charge in [0.15, 0.2) is 0 Å². The van der Waals surface area contributed by atoms with Crippen LogP contribution in [0.1, 0.15) is 0 Å². The number of hydrogen-bond acceptors (Lipinski definition) is 2. The second-order valence-corrected chi connectivity index (χ2v) is 1.26. The van der Waals surface area contributed by atoms with Crippen LogP contribution in [-0.4, -0.2) is 18.7 Å². The first-order valence-electron chi connectivity index (χ1n) is 2.19. The smallest absolute Gasteiger partial charge is 0.313 e. The molecule has 0 aliphatic rings. The summed E-state index contributed by atoms with van der Waals surface area (Å²) in [4.78, 5) is 19.8. The van der Waals surface area contributed by atoms with Crippen molar-refractivity contribution in [2.45, 2.75) is 0 Å². The molecule has 0 aromatic carbocycles. The Hall–Kier alpha value is -1.46. The minimum atomic E-state index is -0.705. The van der Waals surface area contributed by atoms with E-state index in [0.717, 1.165) is 0 Å². The van der Waals surface area contributed by atoms with Gasteiger partial charge in [0.1, 0.15) is 0 Å². The zero-order chi connectivity index (χ0) is 7.28. The lowest BCUT2D eigenvalue weighted by Gasteiger charge is -1.99. The number of nitrogens with two attached hydrogens (primary N) is 2. The third-order valence-electron chi connectivity index (χ3n) is 0.525. The fourth-order valence-electron chi connectivity index (χ4n) is 0.218. The number of rotatable bonds is 2. The van der Waals surface area contributed by atoms with Gasteiger partial charge in [0.05, 0.1) is 6.67 Å². The van der Waals surface area contributed by atoms with Crippen LogP contribution in [0.15, 0.2) is 0 Å². The van der Waals surface area contributed by atoms with Crippen molar-refractivity contribution < 1.29 is 9.59 Å². The minimum absolute atomic E-state index is 0.0370. The van der Waals surface area contributed by atoms with Crippen molar-refractivity contribution in [3.05, 3.63) is 0 Å². The normalized spacial score (nSPS) is 8.00. The van der Waals surface area contributed by atoms with Gasteiger partial charge in [-0.2, -0.15) is 0 Å². The van der Waals surface area contributed by atoms with Crippen LogP contribution in [-0.2, 0) is 0 Å². The fraction of sp³-hybridized carbons (Fsp3) is 0.333. The Kier molecular flexibility index (Phi) is 2.96. The molecule has 0 heterocycles. The summed E-state index contributed by atoms with van der Waals surface area (Å²) in [6, 6.07) is -1.41. The molecular weight excluding hydrogens is 124 g/mol. The average molecular weight is 132 g/mol. The van der Waals surface area contributed by atoms with E-state index >= 15 is 0 Å². The Morgan fingerprint density at radius 3 is 1.67 bits per heavy atom. The molecule has 0 unspecified atom stereocenters. The molecule has 0 aromatic heterocycles. The Balaban J connectivity index is 3.10. The fourth-order valence-corrected chi connectivity index (χ4v) is 0.218. The standard InChI is InChI=1S/C3H8N4O2/c4-2(8)6-1-7-3(5)9/h1H2,(H3,4,6,8)(H3,5,7,9). The molecule has 0 bridgehead atoms. The third-order valence-corrected chi connectivity index (χ3v) is 0.525. The van der Waals surface area contributed by atoms with Crippen molar-refractivity contribution in [2.75, 3.05) is 6.67 Å². The second kappa shape index (κ2) is 3.53. The van der Waals surface area contributed by atoms with E-state index in [1.165, 1.54) is 0 Å². The number of carbonyl (C=O) groups is 2. The lowest BCUT2D eigenvalue weighted by Crippen LogP contribution is -2.41. The van der Waals surface area contributed by atoms with E-state index < -0.39 is 12.1 Å². The minimum Gasteiger partial charge on any atom is -0.352 e. The predicted octanol–water partition coefficient (Wildman–Crippen LogP) is -1.72. The highest BCUT2D eigenvalue weighted by Gasteiger charge is 1.90. The van der Waals surface area contributed by atoms with Gasteiger partial charge in [0.2, 0.25) is 0 Å². The number of nitrogens with one attached hydrogen (secondary N) is 2. The quantitative estimate of drug-likeness (QED) is 0.335. The number of amides is 4. The molecule has 6 nitrogen and oxygen atoms in total. The highest BCUT2D eigenvalue weighted by atomic mass is 16.2. The molecule has 52 valence electrons. The summed E-state index contributed by atoms with van der Waals surface area (Å²) in [6.07, 6.45) is 0. The molecule has 6 heteroatoms. The summed E-state index contributed by atoms with van der Waals surface area (Å²) in [5, 5.41) is 4.21. The molecule has 0 saturated carbocycles. The van der Waals surface area contributed by atoms with Crippen molar-refractivity contribution >= 4 is 12.1 Å². The summed E-state index contributed by atoms with van der Waals surface area (Å²) < 4.78 is 0. The predicted molar refractivity (Wildman–Crippen MR) is 30.3 cm³/mol.